The molecule has 0 fully saturated rings. The molecule has 2 atom stereocenters. The predicted octanol–water partition coefficient (Wildman–Crippen LogP) is 3.61. The number of carbonyl (C=O) groups excluding carboxylic acids is 1. The van der Waals surface area contributed by atoms with Gasteiger partial charge in [-0.15, -0.1) is 0 Å². The van der Waals surface area contributed by atoms with Gasteiger partial charge in [-0.2, -0.15) is 0 Å². The minimum Gasteiger partial charge on any atom is -0.497 e. The number of ether oxygens (including phenoxy) is 3. The molecular weight excluding hydrogens is 482 g/mol. The molecule has 0 aliphatic carbocycles. The van der Waals surface area contributed by atoms with Crippen molar-refractivity contribution in [2.24, 2.45) is 0 Å². The summed E-state index contributed by atoms with van der Waals surface area (Å²) in [6.07, 6.45) is 0.232. The van der Waals surface area contributed by atoms with Crippen molar-refractivity contribution in [3.8, 4) is 11.5 Å². The Bertz CT molecular complexity index is 1420. The zero-order chi connectivity index (χ0) is 25.8. The lowest BCUT2D eigenvalue weighted by atomic mass is 10.1. The van der Waals surface area contributed by atoms with Crippen molar-refractivity contribution in [3.05, 3.63) is 77.1 Å². The molecule has 0 aliphatic heterocycles. The number of hydrogen-bond acceptors (Lipinski definition) is 8. The van der Waals surface area contributed by atoms with E-state index < -0.39 is 22.9 Å². The fourth-order valence-electron chi connectivity index (χ4n) is 3.89. The van der Waals surface area contributed by atoms with E-state index in [0.717, 1.165) is 11.1 Å². The van der Waals surface area contributed by atoms with Gasteiger partial charge in [-0.3, -0.25) is 13.8 Å². The first-order chi connectivity index (χ1) is 17.3. The van der Waals surface area contributed by atoms with Gasteiger partial charge >= 0.3 is 5.97 Å². The Morgan fingerprint density at radius 2 is 1.86 bits per heavy atom. The number of benzene rings is 2. The first-order valence-corrected chi connectivity index (χ1v) is 12.5. The standard InChI is InChI=1S/C26H27N3O6S/c1-16-13-27-21(17(2)24(16)34-4)14-36(32)26-28-20-11-10-19(33-3)12-22(20)29(26)15-35-25(31)23(30)18-8-6-5-7-9-18/h5-13,23,30H,14-15H2,1-4H3/t23-,36?/m1/s1. The number of aliphatic hydroxyl groups excluding tert-OH is 1. The molecular formula is C26H27N3O6S. The van der Waals surface area contributed by atoms with Crippen molar-refractivity contribution in [1.82, 2.24) is 14.5 Å². The number of pyridine rings is 1. The first-order valence-electron chi connectivity index (χ1n) is 11.2. The molecule has 10 heteroatoms. The second-order valence-corrected chi connectivity index (χ2v) is 9.46. The number of rotatable bonds is 9. The van der Waals surface area contributed by atoms with Gasteiger partial charge in [0, 0.05) is 23.4 Å². The van der Waals surface area contributed by atoms with Crippen LogP contribution in [0.25, 0.3) is 11.0 Å². The van der Waals surface area contributed by atoms with Crippen molar-refractivity contribution in [3.63, 3.8) is 0 Å². The van der Waals surface area contributed by atoms with Crippen molar-refractivity contribution >= 4 is 27.8 Å². The summed E-state index contributed by atoms with van der Waals surface area (Å²) in [6.45, 7) is 3.47. The first kappa shape index (κ1) is 25.3. The predicted molar refractivity (Wildman–Crippen MR) is 134 cm³/mol. The van der Waals surface area contributed by atoms with Crippen LogP contribution in [0.5, 0.6) is 11.5 Å². The molecule has 1 N–H and O–H groups in total. The fourth-order valence-corrected chi connectivity index (χ4v) is 5.16. The molecule has 36 heavy (non-hydrogen) atoms. The quantitative estimate of drug-likeness (QED) is 0.341. The summed E-state index contributed by atoms with van der Waals surface area (Å²) in [6, 6.07) is 13.7. The van der Waals surface area contributed by atoms with Gasteiger partial charge in [-0.05, 0) is 31.5 Å². The highest BCUT2D eigenvalue weighted by Crippen LogP contribution is 2.28. The molecule has 0 amide bonds. The molecule has 0 saturated heterocycles. The summed E-state index contributed by atoms with van der Waals surface area (Å²) in [5, 5.41) is 10.6. The molecule has 0 bridgehead atoms. The highest BCUT2D eigenvalue weighted by atomic mass is 32.2. The van der Waals surface area contributed by atoms with Crippen molar-refractivity contribution in [1.29, 1.82) is 0 Å². The summed E-state index contributed by atoms with van der Waals surface area (Å²) < 4.78 is 31.3. The Kier molecular flexibility index (Phi) is 7.66. The third kappa shape index (κ3) is 5.09. The number of hydrogen-bond donors (Lipinski definition) is 1. The van der Waals surface area contributed by atoms with Crippen LogP contribution in [0, 0.1) is 13.8 Å². The second kappa shape index (κ2) is 10.9. The lowest BCUT2D eigenvalue weighted by Gasteiger charge is -2.14. The zero-order valence-corrected chi connectivity index (χ0v) is 21.2. The van der Waals surface area contributed by atoms with Gasteiger partial charge in [-0.1, -0.05) is 30.3 Å². The third-order valence-electron chi connectivity index (χ3n) is 5.82. The molecule has 0 saturated carbocycles. The molecule has 2 heterocycles. The summed E-state index contributed by atoms with van der Waals surface area (Å²) >= 11 is 0. The molecule has 4 aromatic rings. The Morgan fingerprint density at radius 1 is 1.11 bits per heavy atom. The molecule has 188 valence electrons. The molecule has 2 aromatic carbocycles. The largest absolute Gasteiger partial charge is 0.497 e. The Hall–Kier alpha value is -3.76. The van der Waals surface area contributed by atoms with E-state index >= 15 is 0 Å². The van der Waals surface area contributed by atoms with Gasteiger partial charge in [0.1, 0.15) is 11.5 Å². The van der Waals surface area contributed by atoms with E-state index in [2.05, 4.69) is 9.97 Å². The fraction of sp³-hybridized carbons (Fsp3) is 0.269. The smallest absolute Gasteiger partial charge is 0.341 e. The van der Waals surface area contributed by atoms with Crippen LogP contribution >= 0.6 is 0 Å². The average Bonchev–Trinajstić information content (AvgIpc) is 3.27. The monoisotopic (exact) mass is 509 g/mol. The highest BCUT2D eigenvalue weighted by Gasteiger charge is 2.23. The Balaban J connectivity index is 1.65. The van der Waals surface area contributed by atoms with Gasteiger partial charge < -0.3 is 19.3 Å². The minimum atomic E-state index is -1.64. The highest BCUT2D eigenvalue weighted by molar-refractivity contribution is 7.84. The third-order valence-corrected chi connectivity index (χ3v) is 7.07. The number of fused-ring (bicyclic) bond motifs is 1. The zero-order valence-electron chi connectivity index (χ0n) is 20.4. The number of methoxy groups -OCH3 is 2. The van der Waals surface area contributed by atoms with Crippen LogP contribution in [0.4, 0.5) is 0 Å². The van der Waals surface area contributed by atoms with Crippen molar-refractivity contribution in [2.45, 2.75) is 37.6 Å². The minimum absolute atomic E-state index is 0.0868. The van der Waals surface area contributed by atoms with E-state index in [1.54, 1.807) is 66.4 Å². The molecule has 0 aliphatic rings. The van der Waals surface area contributed by atoms with Crippen molar-refractivity contribution < 1.29 is 28.3 Å². The van der Waals surface area contributed by atoms with Crippen LogP contribution in [0.3, 0.4) is 0 Å². The number of imidazole rings is 1. The van der Waals surface area contributed by atoms with E-state index in [1.807, 2.05) is 13.8 Å². The number of aliphatic hydroxyl groups is 1. The average molecular weight is 510 g/mol. The van der Waals surface area contributed by atoms with Crippen LogP contribution in [-0.2, 0) is 32.8 Å². The molecule has 4 rings (SSSR count). The molecule has 9 nitrogen and oxygen atoms in total. The van der Waals surface area contributed by atoms with E-state index in [4.69, 9.17) is 14.2 Å². The second-order valence-electron chi connectivity index (χ2n) is 8.12. The van der Waals surface area contributed by atoms with E-state index in [1.165, 1.54) is 7.11 Å². The lowest BCUT2D eigenvalue weighted by molar-refractivity contribution is -0.158. The van der Waals surface area contributed by atoms with E-state index in [9.17, 15) is 14.1 Å². The number of carbonyl (C=O) groups is 1. The number of nitrogens with zero attached hydrogens (tertiary/aromatic N) is 3. The van der Waals surface area contributed by atoms with Crippen molar-refractivity contribution in [2.75, 3.05) is 14.2 Å². The summed E-state index contributed by atoms with van der Waals surface area (Å²) in [5.74, 6) is 0.517. The summed E-state index contributed by atoms with van der Waals surface area (Å²) in [4.78, 5) is 21.6. The Labute approximate surface area is 211 Å². The number of esters is 1. The molecule has 0 radical (unpaired) electrons. The molecule has 1 unspecified atom stereocenters. The molecule has 0 spiro atoms. The Morgan fingerprint density at radius 3 is 2.56 bits per heavy atom. The molecule has 2 aromatic heterocycles. The van der Waals surface area contributed by atoms with Gasteiger partial charge in [-0.25, -0.2) is 9.78 Å². The van der Waals surface area contributed by atoms with Gasteiger partial charge in [0.05, 0.1) is 47.5 Å². The maximum Gasteiger partial charge on any atom is 0.341 e. The van der Waals surface area contributed by atoms with Gasteiger partial charge in [0.15, 0.2) is 12.8 Å². The lowest BCUT2D eigenvalue weighted by Crippen LogP contribution is -2.19. The van der Waals surface area contributed by atoms with Crippen LogP contribution in [0.2, 0.25) is 0 Å². The van der Waals surface area contributed by atoms with Crippen LogP contribution < -0.4 is 9.47 Å². The number of aromatic nitrogens is 3. The maximum absolute atomic E-state index is 13.5. The SMILES string of the molecule is COc1ccc2nc(S(=O)Cc3ncc(C)c(OC)c3C)n(COC(=O)[C@H](O)c3ccccc3)c2c1. The van der Waals surface area contributed by atoms with E-state index in [0.29, 0.717) is 33.8 Å². The normalized spacial score (nSPS) is 12.8. The summed E-state index contributed by atoms with van der Waals surface area (Å²) in [5.41, 5.74) is 3.85. The number of aryl methyl sites for hydroxylation is 1. The maximum atomic E-state index is 13.5. The van der Waals surface area contributed by atoms with Crippen LogP contribution in [0.1, 0.15) is 28.5 Å². The van der Waals surface area contributed by atoms with Crippen LogP contribution in [-0.4, -0.2) is 44.0 Å². The topological polar surface area (TPSA) is 113 Å². The summed E-state index contributed by atoms with van der Waals surface area (Å²) in [7, 11) is 1.49. The van der Waals surface area contributed by atoms with E-state index in [-0.39, 0.29) is 17.6 Å². The van der Waals surface area contributed by atoms with Crippen LogP contribution in [0.15, 0.2) is 59.9 Å². The van der Waals surface area contributed by atoms with Gasteiger partial charge in [0.25, 0.3) is 0 Å². The van der Waals surface area contributed by atoms with Gasteiger partial charge in [0.2, 0.25) is 5.16 Å².